The Kier molecular flexibility index (Phi) is 4.01. The van der Waals surface area contributed by atoms with Gasteiger partial charge in [-0.05, 0) is 26.3 Å². The average molecular weight is 343 g/mol. The third-order valence-corrected chi connectivity index (χ3v) is 10.4. The zero-order valence-electron chi connectivity index (χ0n) is 13.3. The van der Waals surface area contributed by atoms with E-state index in [9.17, 15) is 0 Å². The average Bonchev–Trinajstić information content (AvgIpc) is 2.68. The Morgan fingerprint density at radius 3 is 1.62 bits per heavy atom. The maximum atomic E-state index is 5.40. The van der Waals surface area contributed by atoms with Crippen molar-refractivity contribution in [3.05, 3.63) is 103 Å². The molecule has 4 rings (SSSR count). The van der Waals surface area contributed by atoms with Gasteiger partial charge in [0.15, 0.2) is 0 Å². The van der Waals surface area contributed by atoms with Crippen LogP contribution in [0.2, 0.25) is 0 Å². The van der Waals surface area contributed by atoms with Gasteiger partial charge >= 0.3 is 0 Å². The lowest BCUT2D eigenvalue weighted by Gasteiger charge is -2.29. The summed E-state index contributed by atoms with van der Waals surface area (Å²) in [5.41, 5.74) is 0. The molecule has 0 saturated heterocycles. The number of hydrogen-bond acceptors (Lipinski definition) is 1. The largest absolute Gasteiger partial charge is 0.207 e. The number of benzene rings is 4. The Balaban J connectivity index is 2.07. The summed E-state index contributed by atoms with van der Waals surface area (Å²) in [4.78, 5) is 0. The third kappa shape index (κ3) is 2.48. The predicted molar refractivity (Wildman–Crippen MR) is 110 cm³/mol. The summed E-state index contributed by atoms with van der Waals surface area (Å²) >= 11 is 5.40. The molecule has 24 heavy (non-hydrogen) atoms. The molecule has 0 aliphatic rings. The predicted octanol–water partition coefficient (Wildman–Crippen LogP) is 3.74. The first-order valence-electron chi connectivity index (χ1n) is 8.12. The molecule has 0 heterocycles. The Morgan fingerprint density at radius 1 is 0.500 bits per heavy atom. The normalized spacial score (nSPS) is 11.5. The van der Waals surface area contributed by atoms with Gasteiger partial charge in [-0.2, -0.15) is 12.1 Å². The Morgan fingerprint density at radius 2 is 1.00 bits per heavy atom. The van der Waals surface area contributed by atoms with Crippen molar-refractivity contribution in [1.82, 2.24) is 0 Å². The van der Waals surface area contributed by atoms with Crippen molar-refractivity contribution in [3.8, 4) is 0 Å². The van der Waals surface area contributed by atoms with Gasteiger partial charge in [-0.3, -0.25) is 0 Å². The molecule has 2 heteroatoms. The minimum atomic E-state index is -2.35. The lowest BCUT2D eigenvalue weighted by molar-refractivity contribution is 1.72. The monoisotopic (exact) mass is 342 g/mol. The highest BCUT2D eigenvalue weighted by Gasteiger charge is 2.36. The number of rotatable bonds is 3. The Hall–Kier alpha value is -2.29. The highest BCUT2D eigenvalue weighted by molar-refractivity contribution is 8.19. The summed E-state index contributed by atoms with van der Waals surface area (Å²) < 4.78 is 0. The molecule has 0 fully saturated rings. The minimum absolute atomic E-state index is 1.27. The van der Waals surface area contributed by atoms with Crippen molar-refractivity contribution in [3.63, 3.8) is 0 Å². The molecule has 116 valence electrons. The molecule has 0 unspecified atom stereocenters. The fraction of sp³-hybridized carbons (Fsp3) is 0. The summed E-state index contributed by atoms with van der Waals surface area (Å²) in [6.07, 6.45) is 0. The van der Waals surface area contributed by atoms with Crippen LogP contribution in [-0.4, -0.2) is 7.22 Å². The van der Waals surface area contributed by atoms with Gasteiger partial charge < -0.3 is 0 Å². The van der Waals surface area contributed by atoms with E-state index in [-0.39, 0.29) is 0 Å². The quantitative estimate of drug-likeness (QED) is 0.327. The molecule has 0 radical (unpaired) electrons. The summed E-state index contributed by atoms with van der Waals surface area (Å²) in [6.45, 7) is 0. The molecular weight excluding hydrogens is 324 g/mol. The van der Waals surface area contributed by atoms with E-state index >= 15 is 0 Å². The van der Waals surface area contributed by atoms with Crippen molar-refractivity contribution in [2.75, 3.05) is 0 Å². The van der Waals surface area contributed by atoms with E-state index in [0.717, 1.165) is 0 Å². The van der Waals surface area contributed by atoms with Crippen molar-refractivity contribution in [1.29, 1.82) is 0 Å². The molecule has 0 N–H and O–H groups in total. The number of thiol groups is 1. The van der Waals surface area contributed by atoms with Gasteiger partial charge in [-0.15, -0.1) is 0 Å². The van der Waals surface area contributed by atoms with E-state index in [4.69, 9.17) is 12.1 Å². The molecule has 0 bridgehead atoms. The summed E-state index contributed by atoms with van der Waals surface area (Å²) in [6, 6.07) is 36.6. The van der Waals surface area contributed by atoms with E-state index in [1.54, 1.807) is 0 Å². The van der Waals surface area contributed by atoms with Gasteiger partial charge in [0.05, 0.1) is 0 Å². The van der Waals surface area contributed by atoms with Gasteiger partial charge in [-0.1, -0.05) is 103 Å². The molecule has 4 aromatic carbocycles. The van der Waals surface area contributed by atoms with Crippen LogP contribution in [0.3, 0.4) is 0 Å². The van der Waals surface area contributed by atoms with Crippen LogP contribution in [-0.2, 0) is 0 Å². The van der Waals surface area contributed by atoms with E-state index in [1.807, 2.05) is 0 Å². The maximum absolute atomic E-state index is 5.40. The highest BCUT2D eigenvalue weighted by Crippen LogP contribution is 2.18. The lowest BCUT2D eigenvalue weighted by Crippen LogP contribution is -2.63. The van der Waals surface area contributed by atoms with Crippen LogP contribution in [0.15, 0.2) is 103 Å². The van der Waals surface area contributed by atoms with Crippen molar-refractivity contribution < 1.29 is 0 Å². The van der Waals surface area contributed by atoms with Crippen LogP contribution in [0, 0.1) is 0 Å². The van der Waals surface area contributed by atoms with Crippen LogP contribution in [0.1, 0.15) is 0 Å². The molecule has 0 saturated carbocycles. The molecular formula is C22H18SSi. The number of fused-ring (bicyclic) bond motifs is 1. The van der Waals surface area contributed by atoms with Gasteiger partial charge in [0.1, 0.15) is 0 Å². The lowest BCUT2D eigenvalue weighted by atomic mass is 10.1. The smallest absolute Gasteiger partial charge is 0.187 e. The first-order valence-corrected chi connectivity index (χ1v) is 11.4. The zero-order valence-corrected chi connectivity index (χ0v) is 15.2. The van der Waals surface area contributed by atoms with Crippen LogP contribution in [0.5, 0.6) is 0 Å². The van der Waals surface area contributed by atoms with Crippen molar-refractivity contribution in [2.45, 2.75) is 0 Å². The third-order valence-electron chi connectivity index (χ3n) is 4.56. The van der Waals surface area contributed by atoms with Gasteiger partial charge in [0.25, 0.3) is 0 Å². The molecule has 0 aromatic heterocycles. The molecule has 0 aliphatic carbocycles. The molecule has 0 spiro atoms. The second-order valence-electron chi connectivity index (χ2n) is 5.97. The highest BCUT2D eigenvalue weighted by atomic mass is 32.3. The Labute approximate surface area is 148 Å². The zero-order chi connectivity index (χ0) is 16.4. The molecule has 0 nitrogen and oxygen atoms in total. The maximum Gasteiger partial charge on any atom is 0.207 e. The van der Waals surface area contributed by atoms with E-state index in [2.05, 4.69) is 103 Å². The second-order valence-corrected chi connectivity index (χ2v) is 11.1. The standard InChI is InChI=1S/C22H18SSi/c23-24(19-12-3-1-4-13-19,20-14-5-2-6-15-20)22-17-9-11-18-10-7-8-16-21(18)22/h1-17,23H. The van der Waals surface area contributed by atoms with Crippen LogP contribution >= 0.6 is 12.1 Å². The van der Waals surface area contributed by atoms with Crippen molar-refractivity contribution >= 4 is 45.6 Å². The molecule has 0 amide bonds. The van der Waals surface area contributed by atoms with Gasteiger partial charge in [0.2, 0.25) is 7.22 Å². The second kappa shape index (κ2) is 6.31. The molecule has 0 atom stereocenters. The number of hydrogen-bond donors (Lipinski definition) is 1. The SMILES string of the molecule is S[Si](c1ccccc1)(c1ccccc1)c1cccc2ccccc12. The summed E-state index contributed by atoms with van der Waals surface area (Å²) in [5, 5.41) is 6.55. The van der Waals surface area contributed by atoms with E-state index in [1.165, 1.54) is 26.3 Å². The van der Waals surface area contributed by atoms with Crippen molar-refractivity contribution in [2.24, 2.45) is 0 Å². The first kappa shape index (κ1) is 15.2. The van der Waals surface area contributed by atoms with Crippen LogP contribution < -0.4 is 15.6 Å². The fourth-order valence-corrected chi connectivity index (χ4v) is 8.12. The van der Waals surface area contributed by atoms with Crippen LogP contribution in [0.4, 0.5) is 0 Å². The topological polar surface area (TPSA) is 0 Å². The molecule has 4 aromatic rings. The summed E-state index contributed by atoms with van der Waals surface area (Å²) in [5.74, 6) is 0. The summed E-state index contributed by atoms with van der Waals surface area (Å²) in [7, 11) is -2.35. The van der Waals surface area contributed by atoms with E-state index < -0.39 is 7.22 Å². The fourth-order valence-electron chi connectivity index (χ4n) is 3.38. The van der Waals surface area contributed by atoms with E-state index in [0.29, 0.717) is 0 Å². The van der Waals surface area contributed by atoms with Gasteiger partial charge in [0, 0.05) is 0 Å². The Bertz CT molecular complexity index is 920. The molecule has 0 aliphatic heterocycles. The van der Waals surface area contributed by atoms with Crippen LogP contribution in [0.25, 0.3) is 10.8 Å². The first-order chi connectivity index (χ1) is 11.8. The van der Waals surface area contributed by atoms with Gasteiger partial charge in [-0.25, -0.2) is 0 Å². The minimum Gasteiger partial charge on any atom is -0.187 e.